The number of benzene rings is 1. The molecule has 0 aliphatic carbocycles. The molecule has 20 heavy (non-hydrogen) atoms. The molecule has 1 heterocycles. The van der Waals surface area contributed by atoms with Crippen molar-refractivity contribution < 1.29 is 37.4 Å². The van der Waals surface area contributed by atoms with Crippen LogP contribution in [0, 0.1) is 21.0 Å². The summed E-state index contributed by atoms with van der Waals surface area (Å²) in [5.74, 6) is 0.626. The summed E-state index contributed by atoms with van der Waals surface area (Å²) in [4.78, 5) is 11.8. The molecule has 0 saturated heterocycles. The summed E-state index contributed by atoms with van der Waals surface area (Å²) in [5, 5.41) is 8.43. The smallest absolute Gasteiger partial charge is 0.207 e. The summed E-state index contributed by atoms with van der Waals surface area (Å²) in [6.07, 6.45) is 0. The summed E-state index contributed by atoms with van der Waals surface area (Å²) >= 11 is 1.99. The molecular weight excluding hydrogens is 444 g/mol. The normalized spacial score (nSPS) is 9.45. The van der Waals surface area contributed by atoms with Crippen molar-refractivity contribution in [2.45, 2.75) is 0 Å². The zero-order valence-electron chi connectivity index (χ0n) is 10.8. The van der Waals surface area contributed by atoms with Gasteiger partial charge in [-0.1, -0.05) is 11.3 Å². The van der Waals surface area contributed by atoms with Crippen molar-refractivity contribution in [2.24, 2.45) is 7.05 Å². The molecule has 0 unspecified atom stereocenters. The number of pyridine rings is 1. The van der Waals surface area contributed by atoms with Crippen LogP contribution >= 0.6 is 22.6 Å². The van der Waals surface area contributed by atoms with Crippen molar-refractivity contribution in [1.82, 2.24) is 4.57 Å². The van der Waals surface area contributed by atoms with Crippen LogP contribution in [-0.4, -0.2) is 11.2 Å². The Kier molecular flexibility index (Phi) is 6.86. The van der Waals surface area contributed by atoms with Gasteiger partial charge in [0.15, 0.2) is 6.61 Å². The van der Waals surface area contributed by atoms with E-state index in [4.69, 9.17) is 10.00 Å². The first-order chi connectivity index (χ1) is 9.13. The maximum Gasteiger partial charge on any atom is 0.207 e. The van der Waals surface area contributed by atoms with Crippen LogP contribution in [0.25, 0.3) is 11.3 Å². The minimum Gasteiger partial charge on any atom is -0.479 e. The second-order valence-corrected chi connectivity index (χ2v) is 4.98. The number of rotatable bonds is 3. The van der Waals surface area contributed by atoms with E-state index in [-0.39, 0.29) is 44.9 Å². The van der Waals surface area contributed by atoms with E-state index in [2.05, 4.69) is 6.07 Å². The Hall–Kier alpha value is -0.706. The van der Waals surface area contributed by atoms with Crippen LogP contribution in [0.2, 0.25) is 0 Å². The van der Waals surface area contributed by atoms with Gasteiger partial charge in [0, 0.05) is 39.8 Å². The standard InChI is InChI=1S/C14H10IN2O2.Y/c1-17-13(7-6-12(15)14(17)18)10-2-4-11(5-3-10)19-9-8-16;/h2-6H,9H2,1H3;/q-1;. The topological polar surface area (TPSA) is 55.0 Å². The monoisotopic (exact) mass is 454 g/mol. The molecule has 0 bridgehead atoms. The molecule has 0 amide bonds. The van der Waals surface area contributed by atoms with Crippen LogP contribution in [0.15, 0.2) is 35.1 Å². The first-order valence-electron chi connectivity index (χ1n) is 5.51. The Morgan fingerprint density at radius 3 is 2.65 bits per heavy atom. The molecule has 1 aromatic heterocycles. The Labute approximate surface area is 155 Å². The maximum atomic E-state index is 11.8. The summed E-state index contributed by atoms with van der Waals surface area (Å²) in [6, 6.07) is 13.9. The van der Waals surface area contributed by atoms with Crippen LogP contribution < -0.4 is 10.3 Å². The SMILES string of the molecule is Cn1c(-c2ccc(OCC#N)cc2)[c-]cc(I)c1=O.[Y]. The second-order valence-electron chi connectivity index (χ2n) is 3.82. The first-order valence-corrected chi connectivity index (χ1v) is 6.58. The third-order valence-electron chi connectivity index (χ3n) is 2.61. The Morgan fingerprint density at radius 2 is 2.05 bits per heavy atom. The van der Waals surface area contributed by atoms with Crippen LogP contribution in [0.1, 0.15) is 0 Å². The molecule has 2 aromatic rings. The molecule has 0 spiro atoms. The van der Waals surface area contributed by atoms with E-state index in [1.165, 1.54) is 0 Å². The van der Waals surface area contributed by atoms with E-state index >= 15 is 0 Å². The van der Waals surface area contributed by atoms with E-state index in [9.17, 15) is 4.79 Å². The molecule has 4 nitrogen and oxygen atoms in total. The van der Waals surface area contributed by atoms with Crippen LogP contribution in [0.4, 0.5) is 0 Å². The average Bonchev–Trinajstić information content (AvgIpc) is 2.44. The average molecular weight is 454 g/mol. The molecule has 1 radical (unpaired) electrons. The number of hydrogen-bond acceptors (Lipinski definition) is 3. The van der Waals surface area contributed by atoms with E-state index in [0.717, 1.165) is 11.3 Å². The van der Waals surface area contributed by atoms with Crippen molar-refractivity contribution in [3.63, 3.8) is 0 Å². The number of ether oxygens (including phenoxy) is 1. The Balaban J connectivity index is 0.00000200. The fourth-order valence-electron chi connectivity index (χ4n) is 1.65. The van der Waals surface area contributed by atoms with E-state index in [0.29, 0.717) is 9.32 Å². The first kappa shape index (κ1) is 17.3. The molecule has 0 aliphatic rings. The molecule has 0 atom stereocenters. The number of nitriles is 1. The van der Waals surface area contributed by atoms with Crippen LogP contribution in [0.5, 0.6) is 5.75 Å². The molecule has 0 N–H and O–H groups in total. The second kappa shape index (κ2) is 7.91. The predicted octanol–water partition coefficient (Wildman–Crippen LogP) is 2.36. The summed E-state index contributed by atoms with van der Waals surface area (Å²) in [6.45, 7) is 0.0213. The fourth-order valence-corrected chi connectivity index (χ4v) is 2.17. The van der Waals surface area contributed by atoms with Crippen LogP contribution in [-0.2, 0) is 39.8 Å². The largest absolute Gasteiger partial charge is 0.479 e. The van der Waals surface area contributed by atoms with Gasteiger partial charge in [-0.25, -0.2) is 0 Å². The molecule has 0 saturated carbocycles. The van der Waals surface area contributed by atoms with Gasteiger partial charge in [0.2, 0.25) is 5.56 Å². The molecule has 6 heteroatoms. The van der Waals surface area contributed by atoms with Gasteiger partial charge >= 0.3 is 0 Å². The quantitative estimate of drug-likeness (QED) is 0.529. The van der Waals surface area contributed by atoms with Gasteiger partial charge in [-0.2, -0.15) is 17.4 Å². The molecule has 0 fully saturated rings. The van der Waals surface area contributed by atoms with Gasteiger partial charge in [0.05, 0.1) is 0 Å². The number of nitrogens with zero attached hydrogens (tertiary/aromatic N) is 2. The van der Waals surface area contributed by atoms with Gasteiger partial charge in [-0.15, -0.1) is 34.7 Å². The number of hydrogen-bond donors (Lipinski definition) is 0. The zero-order valence-corrected chi connectivity index (χ0v) is 15.8. The van der Waals surface area contributed by atoms with Crippen molar-refractivity contribution in [3.8, 4) is 23.1 Å². The van der Waals surface area contributed by atoms with Gasteiger partial charge in [0.25, 0.3) is 0 Å². The minimum absolute atomic E-state index is 0. The molecular formula is C14H10IN2O2Y-. The Morgan fingerprint density at radius 1 is 1.40 bits per heavy atom. The molecule has 1 aromatic carbocycles. The van der Waals surface area contributed by atoms with E-state index < -0.39 is 0 Å². The zero-order chi connectivity index (χ0) is 13.8. The molecule has 0 aliphatic heterocycles. The maximum absolute atomic E-state index is 11.8. The minimum atomic E-state index is -0.0424. The van der Waals surface area contributed by atoms with Gasteiger partial charge in [-0.05, 0) is 15.7 Å². The van der Waals surface area contributed by atoms with E-state index in [1.54, 1.807) is 29.8 Å². The van der Waals surface area contributed by atoms with Gasteiger partial charge < -0.3 is 9.30 Å². The predicted molar refractivity (Wildman–Crippen MR) is 79.8 cm³/mol. The Bertz CT molecular complexity index is 690. The number of halogens is 1. The fraction of sp³-hybridized carbons (Fsp3) is 0.143. The number of aromatic nitrogens is 1. The van der Waals surface area contributed by atoms with Gasteiger partial charge in [-0.3, -0.25) is 4.79 Å². The molecule has 99 valence electrons. The van der Waals surface area contributed by atoms with Crippen molar-refractivity contribution in [1.29, 1.82) is 5.26 Å². The van der Waals surface area contributed by atoms with Crippen molar-refractivity contribution in [3.05, 3.63) is 50.3 Å². The summed E-state index contributed by atoms with van der Waals surface area (Å²) in [5.41, 5.74) is 1.55. The van der Waals surface area contributed by atoms with Crippen LogP contribution in [0.3, 0.4) is 0 Å². The molecule has 2 rings (SSSR count). The summed E-state index contributed by atoms with van der Waals surface area (Å²) in [7, 11) is 1.72. The van der Waals surface area contributed by atoms with Crippen molar-refractivity contribution in [2.75, 3.05) is 6.61 Å². The van der Waals surface area contributed by atoms with Crippen molar-refractivity contribution >= 4 is 22.6 Å². The summed E-state index contributed by atoms with van der Waals surface area (Å²) < 4.78 is 7.38. The third-order valence-corrected chi connectivity index (χ3v) is 3.38. The third kappa shape index (κ3) is 3.90. The van der Waals surface area contributed by atoms with Gasteiger partial charge in [0.1, 0.15) is 11.8 Å². The van der Waals surface area contributed by atoms with E-state index in [1.807, 2.05) is 40.8 Å².